The van der Waals surface area contributed by atoms with Gasteiger partial charge in [0.15, 0.2) is 0 Å². The van der Waals surface area contributed by atoms with E-state index in [0.29, 0.717) is 0 Å². The fourth-order valence-electron chi connectivity index (χ4n) is 8.80. The van der Waals surface area contributed by atoms with E-state index in [0.717, 1.165) is 5.69 Å². The van der Waals surface area contributed by atoms with Crippen molar-refractivity contribution in [3.8, 4) is 17.1 Å². The number of aromatic nitrogens is 3. The molecule has 0 amide bonds. The Hall–Kier alpha value is -6.62. The third-order valence-corrected chi connectivity index (χ3v) is 12.2. The number of rotatable bonds is 3. The lowest BCUT2D eigenvalue weighted by molar-refractivity contribution is 1.16. The number of hydrogen-bond acceptors (Lipinski definition) is 1. The molecule has 12 aromatic rings. The van der Waals surface area contributed by atoms with E-state index in [4.69, 9.17) is 0 Å². The van der Waals surface area contributed by atoms with Gasteiger partial charge in [-0.3, -0.25) is 0 Å². The molecular formula is C48H29N3S. The molecule has 4 aromatic heterocycles. The molecule has 0 aliphatic carbocycles. The van der Waals surface area contributed by atoms with Crippen molar-refractivity contribution in [1.29, 1.82) is 0 Å². The highest BCUT2D eigenvalue weighted by Gasteiger charge is 2.20. The van der Waals surface area contributed by atoms with Gasteiger partial charge in [-0.2, -0.15) is 0 Å². The average Bonchev–Trinajstić information content (AvgIpc) is 3.93. The van der Waals surface area contributed by atoms with Crippen LogP contribution in [0.15, 0.2) is 176 Å². The van der Waals surface area contributed by atoms with Crippen molar-refractivity contribution in [2.75, 3.05) is 0 Å². The van der Waals surface area contributed by atoms with Gasteiger partial charge in [-0.05, 0) is 84.9 Å². The monoisotopic (exact) mass is 679 g/mol. The minimum atomic E-state index is 1.16. The van der Waals surface area contributed by atoms with Crippen LogP contribution >= 0.6 is 11.3 Å². The Labute approximate surface area is 302 Å². The van der Waals surface area contributed by atoms with Crippen LogP contribution in [0.1, 0.15) is 0 Å². The summed E-state index contributed by atoms with van der Waals surface area (Å²) < 4.78 is 9.96. The lowest BCUT2D eigenvalue weighted by Crippen LogP contribution is -1.96. The minimum Gasteiger partial charge on any atom is -0.309 e. The molecule has 4 heterocycles. The second-order valence-corrected chi connectivity index (χ2v) is 14.8. The van der Waals surface area contributed by atoms with E-state index < -0.39 is 0 Å². The van der Waals surface area contributed by atoms with E-state index in [-0.39, 0.29) is 0 Å². The van der Waals surface area contributed by atoms with Crippen molar-refractivity contribution in [3.63, 3.8) is 0 Å². The van der Waals surface area contributed by atoms with Crippen LogP contribution in [0.5, 0.6) is 0 Å². The summed E-state index contributed by atoms with van der Waals surface area (Å²) in [6.07, 6.45) is 0. The quantitative estimate of drug-likeness (QED) is 0.177. The summed E-state index contributed by atoms with van der Waals surface area (Å²) in [7, 11) is 0. The summed E-state index contributed by atoms with van der Waals surface area (Å²) in [4.78, 5) is 0. The van der Waals surface area contributed by atoms with Crippen LogP contribution in [0.2, 0.25) is 0 Å². The molecule has 12 rings (SSSR count). The molecule has 0 N–H and O–H groups in total. The molecule has 0 bridgehead atoms. The smallest absolute Gasteiger partial charge is 0.0562 e. The molecule has 0 fully saturated rings. The zero-order valence-corrected chi connectivity index (χ0v) is 28.8. The number of benzene rings is 8. The highest BCUT2D eigenvalue weighted by molar-refractivity contribution is 7.25. The van der Waals surface area contributed by atoms with E-state index in [1.165, 1.54) is 97.0 Å². The van der Waals surface area contributed by atoms with Crippen molar-refractivity contribution < 1.29 is 0 Å². The normalized spacial score (nSPS) is 12.2. The Morgan fingerprint density at radius 3 is 1.33 bits per heavy atom. The molecule has 3 nitrogen and oxygen atoms in total. The maximum absolute atomic E-state index is 2.47. The summed E-state index contributed by atoms with van der Waals surface area (Å²) >= 11 is 1.87. The van der Waals surface area contributed by atoms with Crippen LogP contribution in [0.25, 0.3) is 103 Å². The van der Waals surface area contributed by atoms with Crippen molar-refractivity contribution in [2.24, 2.45) is 0 Å². The molecule has 0 aliphatic heterocycles. The highest BCUT2D eigenvalue weighted by atomic mass is 32.1. The molecule has 52 heavy (non-hydrogen) atoms. The third kappa shape index (κ3) is 3.79. The molecule has 8 aromatic carbocycles. The molecule has 0 radical (unpaired) electrons. The van der Waals surface area contributed by atoms with Gasteiger partial charge in [-0.1, -0.05) is 91.0 Å². The van der Waals surface area contributed by atoms with E-state index in [1.54, 1.807) is 0 Å². The maximum atomic E-state index is 2.47. The predicted octanol–water partition coefficient (Wildman–Crippen LogP) is 13.3. The Morgan fingerprint density at radius 2 is 0.692 bits per heavy atom. The molecule has 0 atom stereocenters. The zero-order valence-electron chi connectivity index (χ0n) is 28.0. The largest absolute Gasteiger partial charge is 0.309 e. The van der Waals surface area contributed by atoms with Crippen LogP contribution < -0.4 is 0 Å². The summed E-state index contributed by atoms with van der Waals surface area (Å²) in [6, 6.07) is 64.7. The van der Waals surface area contributed by atoms with Crippen molar-refractivity contribution in [1.82, 2.24) is 13.7 Å². The average molecular weight is 680 g/mol. The first-order valence-electron chi connectivity index (χ1n) is 17.8. The summed E-state index contributed by atoms with van der Waals surface area (Å²) in [6.45, 7) is 0. The first-order valence-corrected chi connectivity index (χ1v) is 18.6. The molecular weight excluding hydrogens is 651 g/mol. The number of nitrogens with zero attached hydrogens (tertiary/aromatic N) is 3. The van der Waals surface area contributed by atoms with Crippen LogP contribution in [0, 0.1) is 0 Å². The van der Waals surface area contributed by atoms with E-state index in [9.17, 15) is 0 Å². The number of para-hydroxylation sites is 4. The van der Waals surface area contributed by atoms with E-state index >= 15 is 0 Å². The number of hydrogen-bond donors (Lipinski definition) is 0. The fraction of sp³-hybridized carbons (Fsp3) is 0. The van der Waals surface area contributed by atoms with Crippen LogP contribution in [0.3, 0.4) is 0 Å². The molecule has 0 unspecified atom stereocenters. The van der Waals surface area contributed by atoms with Gasteiger partial charge in [0.25, 0.3) is 0 Å². The summed E-state index contributed by atoms with van der Waals surface area (Å²) in [5.41, 5.74) is 10.8. The first kappa shape index (κ1) is 28.1. The number of thiophene rings is 1. The Morgan fingerprint density at radius 1 is 0.250 bits per heavy atom. The predicted molar refractivity (Wildman–Crippen MR) is 222 cm³/mol. The number of fused-ring (bicyclic) bond motifs is 12. The Kier molecular flexibility index (Phi) is 5.65. The first-order chi connectivity index (χ1) is 25.8. The maximum Gasteiger partial charge on any atom is 0.0562 e. The summed E-state index contributed by atoms with van der Waals surface area (Å²) in [5.74, 6) is 0. The van der Waals surface area contributed by atoms with Gasteiger partial charge in [0.2, 0.25) is 0 Å². The Balaban J connectivity index is 1.17. The molecule has 0 saturated heterocycles. The second-order valence-electron chi connectivity index (χ2n) is 13.8. The topological polar surface area (TPSA) is 14.8 Å². The van der Waals surface area contributed by atoms with Crippen molar-refractivity contribution in [3.05, 3.63) is 176 Å². The highest BCUT2D eigenvalue weighted by Crippen LogP contribution is 2.42. The zero-order chi connectivity index (χ0) is 33.9. The molecule has 0 spiro atoms. The molecule has 0 aliphatic rings. The Bertz CT molecular complexity index is 3410. The lowest BCUT2D eigenvalue weighted by atomic mass is 10.1. The van der Waals surface area contributed by atoms with E-state index in [2.05, 4.69) is 190 Å². The SMILES string of the molecule is c1ccc(-n2c3ccccc3c3cc(-n4c5ccccc5c5cc6c7ccccc7n(-c7ccc8sc9ccccc9c8c7)c6cc54)ccc32)cc1. The second kappa shape index (κ2) is 10.5. The van der Waals surface area contributed by atoms with Crippen LogP contribution in [-0.2, 0) is 0 Å². The van der Waals surface area contributed by atoms with Gasteiger partial charge < -0.3 is 13.7 Å². The van der Waals surface area contributed by atoms with Gasteiger partial charge in [0.05, 0.1) is 33.1 Å². The van der Waals surface area contributed by atoms with Gasteiger partial charge in [0, 0.05) is 69.6 Å². The van der Waals surface area contributed by atoms with Gasteiger partial charge >= 0.3 is 0 Å². The fourth-order valence-corrected chi connectivity index (χ4v) is 9.88. The van der Waals surface area contributed by atoms with Crippen molar-refractivity contribution >= 4 is 96.9 Å². The minimum absolute atomic E-state index is 1.16. The standard InChI is InChI=1S/C48H29N3S/c1-2-12-30(13-3-1)49-41-18-8-4-14-33(41)37-26-31(22-24-44(37)49)50-42-19-9-5-15-34(42)38-28-39-35-16-6-10-20-43(35)51(46(39)29-45(38)50)32-23-25-48-40(27-32)36-17-7-11-21-47(36)52-48/h1-29H. The van der Waals surface area contributed by atoms with Crippen molar-refractivity contribution in [2.45, 2.75) is 0 Å². The molecule has 242 valence electrons. The van der Waals surface area contributed by atoms with Gasteiger partial charge in [0.1, 0.15) is 0 Å². The lowest BCUT2D eigenvalue weighted by Gasteiger charge is -2.11. The molecule has 4 heteroatoms. The van der Waals surface area contributed by atoms with Crippen LogP contribution in [-0.4, -0.2) is 13.7 Å². The van der Waals surface area contributed by atoms with Gasteiger partial charge in [-0.25, -0.2) is 0 Å². The van der Waals surface area contributed by atoms with Crippen LogP contribution in [0.4, 0.5) is 0 Å². The molecule has 0 saturated carbocycles. The summed E-state index contributed by atoms with van der Waals surface area (Å²) in [5, 5.41) is 10.2. The third-order valence-electron chi connectivity index (χ3n) is 11.0. The van der Waals surface area contributed by atoms with E-state index in [1.807, 2.05) is 11.3 Å². The van der Waals surface area contributed by atoms with Gasteiger partial charge in [-0.15, -0.1) is 11.3 Å².